The second-order valence-corrected chi connectivity index (χ2v) is 4.17. The van der Waals surface area contributed by atoms with E-state index in [1.807, 2.05) is 6.92 Å². The minimum Gasteiger partial charge on any atom is -0.362 e. The SMILES string of the molecule is CC(CCl)CCCNC(=O)COCC(F)(F)F. The fourth-order valence-electron chi connectivity index (χ4n) is 1.07. The molecule has 0 saturated carbocycles. The number of ether oxygens (including phenoxy) is 1. The number of alkyl halides is 4. The van der Waals surface area contributed by atoms with Crippen LogP contribution in [0.25, 0.3) is 0 Å². The van der Waals surface area contributed by atoms with Crippen LogP contribution in [0.1, 0.15) is 19.8 Å². The van der Waals surface area contributed by atoms with Crippen LogP contribution < -0.4 is 5.32 Å². The summed E-state index contributed by atoms with van der Waals surface area (Å²) in [5, 5.41) is 2.47. The molecule has 17 heavy (non-hydrogen) atoms. The van der Waals surface area contributed by atoms with Crippen molar-refractivity contribution in [3.8, 4) is 0 Å². The van der Waals surface area contributed by atoms with Gasteiger partial charge < -0.3 is 10.1 Å². The molecule has 0 aromatic carbocycles. The molecule has 0 aliphatic carbocycles. The van der Waals surface area contributed by atoms with E-state index in [-0.39, 0.29) is 0 Å². The van der Waals surface area contributed by atoms with E-state index < -0.39 is 25.3 Å². The number of carbonyl (C=O) groups is 1. The van der Waals surface area contributed by atoms with Gasteiger partial charge in [-0.25, -0.2) is 0 Å². The van der Waals surface area contributed by atoms with E-state index >= 15 is 0 Å². The zero-order chi connectivity index (χ0) is 13.3. The summed E-state index contributed by atoms with van der Waals surface area (Å²) in [6.45, 7) is 0.449. The lowest BCUT2D eigenvalue weighted by Gasteiger charge is -2.09. The van der Waals surface area contributed by atoms with Crippen molar-refractivity contribution < 1.29 is 22.7 Å². The van der Waals surface area contributed by atoms with Crippen LogP contribution >= 0.6 is 11.6 Å². The molecule has 1 amide bonds. The van der Waals surface area contributed by atoms with Crippen LogP contribution in [0.2, 0.25) is 0 Å². The van der Waals surface area contributed by atoms with E-state index in [1.165, 1.54) is 0 Å². The summed E-state index contributed by atoms with van der Waals surface area (Å²) in [7, 11) is 0. The highest BCUT2D eigenvalue weighted by Crippen LogP contribution is 2.14. The third kappa shape index (κ3) is 11.8. The number of amides is 1. The first kappa shape index (κ1) is 16.5. The molecule has 1 atom stereocenters. The summed E-state index contributed by atoms with van der Waals surface area (Å²) in [6, 6.07) is 0. The molecule has 0 aromatic heterocycles. The number of nitrogens with one attached hydrogen (secondary N) is 1. The van der Waals surface area contributed by atoms with Gasteiger partial charge in [-0.2, -0.15) is 13.2 Å². The van der Waals surface area contributed by atoms with Gasteiger partial charge in [0.25, 0.3) is 0 Å². The summed E-state index contributed by atoms with van der Waals surface area (Å²) >= 11 is 5.59. The van der Waals surface area contributed by atoms with Crippen LogP contribution in [-0.4, -0.2) is 37.7 Å². The maximum atomic E-state index is 11.7. The first-order valence-electron chi connectivity index (χ1n) is 5.32. The van der Waals surface area contributed by atoms with Crippen LogP contribution in [0, 0.1) is 5.92 Å². The van der Waals surface area contributed by atoms with E-state index in [2.05, 4.69) is 10.1 Å². The van der Waals surface area contributed by atoms with Gasteiger partial charge in [0.1, 0.15) is 13.2 Å². The number of carbonyl (C=O) groups excluding carboxylic acids is 1. The number of rotatable bonds is 8. The molecule has 0 radical (unpaired) electrons. The molecule has 0 aliphatic heterocycles. The second-order valence-electron chi connectivity index (χ2n) is 3.86. The molecule has 0 fully saturated rings. The maximum absolute atomic E-state index is 11.7. The largest absolute Gasteiger partial charge is 0.411 e. The third-order valence-corrected chi connectivity index (χ3v) is 2.48. The summed E-state index contributed by atoms with van der Waals surface area (Å²) < 4.78 is 39.2. The fraction of sp³-hybridized carbons (Fsp3) is 0.900. The normalized spacial score (nSPS) is 13.5. The molecule has 1 N–H and O–H groups in total. The van der Waals surface area contributed by atoms with Crippen molar-refractivity contribution >= 4 is 17.5 Å². The Balaban J connectivity index is 3.41. The van der Waals surface area contributed by atoms with E-state index in [4.69, 9.17) is 11.6 Å². The summed E-state index contributed by atoms with van der Waals surface area (Å²) in [5.74, 6) is 0.394. The lowest BCUT2D eigenvalue weighted by atomic mass is 10.1. The van der Waals surface area contributed by atoms with Gasteiger partial charge in [0.15, 0.2) is 0 Å². The van der Waals surface area contributed by atoms with Crippen molar-refractivity contribution in [2.45, 2.75) is 25.9 Å². The minimum atomic E-state index is -4.39. The highest BCUT2D eigenvalue weighted by molar-refractivity contribution is 6.18. The van der Waals surface area contributed by atoms with E-state index in [0.717, 1.165) is 12.8 Å². The Morgan fingerprint density at radius 3 is 2.65 bits per heavy atom. The topological polar surface area (TPSA) is 38.3 Å². The van der Waals surface area contributed by atoms with Gasteiger partial charge in [0.2, 0.25) is 5.91 Å². The van der Waals surface area contributed by atoms with Gasteiger partial charge >= 0.3 is 6.18 Å². The number of hydrogen-bond donors (Lipinski definition) is 1. The zero-order valence-electron chi connectivity index (χ0n) is 9.65. The first-order chi connectivity index (χ1) is 7.85. The predicted octanol–water partition coefficient (Wildman–Crippen LogP) is 2.34. The average molecular weight is 276 g/mol. The van der Waals surface area contributed by atoms with Crippen molar-refractivity contribution in [1.82, 2.24) is 5.32 Å². The Morgan fingerprint density at radius 2 is 2.12 bits per heavy atom. The lowest BCUT2D eigenvalue weighted by molar-refractivity contribution is -0.175. The molecule has 7 heteroatoms. The van der Waals surface area contributed by atoms with Gasteiger partial charge in [-0.1, -0.05) is 6.92 Å². The summed E-state index contributed by atoms with van der Waals surface area (Å²) in [6.07, 6.45) is -2.78. The fourth-order valence-corrected chi connectivity index (χ4v) is 1.22. The van der Waals surface area contributed by atoms with Crippen LogP contribution in [0.4, 0.5) is 13.2 Å². The highest BCUT2D eigenvalue weighted by Gasteiger charge is 2.27. The molecule has 0 bridgehead atoms. The molecule has 102 valence electrons. The molecule has 1 unspecified atom stereocenters. The van der Waals surface area contributed by atoms with Gasteiger partial charge in [-0.15, -0.1) is 11.6 Å². The molecule has 0 heterocycles. The van der Waals surface area contributed by atoms with E-state index in [1.54, 1.807) is 0 Å². The van der Waals surface area contributed by atoms with Crippen LogP contribution in [-0.2, 0) is 9.53 Å². The van der Waals surface area contributed by atoms with Crippen LogP contribution in [0.3, 0.4) is 0 Å². The van der Waals surface area contributed by atoms with E-state index in [0.29, 0.717) is 18.3 Å². The van der Waals surface area contributed by atoms with Gasteiger partial charge in [0.05, 0.1) is 0 Å². The molecule has 0 aliphatic rings. The molecule has 3 nitrogen and oxygen atoms in total. The summed E-state index contributed by atoms with van der Waals surface area (Å²) in [4.78, 5) is 11.0. The van der Waals surface area contributed by atoms with Crippen molar-refractivity contribution in [2.75, 3.05) is 25.6 Å². The smallest absolute Gasteiger partial charge is 0.362 e. The Morgan fingerprint density at radius 1 is 1.47 bits per heavy atom. The van der Waals surface area contributed by atoms with Crippen LogP contribution in [0.5, 0.6) is 0 Å². The molecular weight excluding hydrogens is 259 g/mol. The van der Waals surface area contributed by atoms with Gasteiger partial charge in [-0.3, -0.25) is 4.79 Å². The Hall–Kier alpha value is -0.490. The first-order valence-corrected chi connectivity index (χ1v) is 5.85. The average Bonchev–Trinajstić information content (AvgIpc) is 2.22. The van der Waals surface area contributed by atoms with Gasteiger partial charge in [0, 0.05) is 12.4 Å². The molecular formula is C10H17ClF3NO2. The van der Waals surface area contributed by atoms with Crippen molar-refractivity contribution in [2.24, 2.45) is 5.92 Å². The van der Waals surface area contributed by atoms with Crippen molar-refractivity contribution in [3.63, 3.8) is 0 Å². The molecule has 0 saturated heterocycles. The molecule has 0 spiro atoms. The quantitative estimate of drug-likeness (QED) is 0.545. The van der Waals surface area contributed by atoms with Crippen molar-refractivity contribution in [1.29, 1.82) is 0 Å². The second kappa shape index (κ2) is 8.58. The lowest BCUT2D eigenvalue weighted by Crippen LogP contribution is -2.30. The Bertz CT molecular complexity index is 224. The minimum absolute atomic E-state index is 0.370. The standard InChI is InChI=1S/C10H17ClF3NO2/c1-8(5-11)3-2-4-15-9(16)6-17-7-10(12,13)14/h8H,2-7H2,1H3,(H,15,16). The van der Waals surface area contributed by atoms with Gasteiger partial charge in [-0.05, 0) is 18.8 Å². The van der Waals surface area contributed by atoms with E-state index in [9.17, 15) is 18.0 Å². The molecule has 0 aromatic rings. The zero-order valence-corrected chi connectivity index (χ0v) is 10.4. The van der Waals surface area contributed by atoms with Crippen molar-refractivity contribution in [3.05, 3.63) is 0 Å². The highest BCUT2D eigenvalue weighted by atomic mass is 35.5. The number of halogens is 4. The number of hydrogen-bond acceptors (Lipinski definition) is 2. The Labute approximate surface area is 104 Å². The third-order valence-electron chi connectivity index (χ3n) is 1.96. The maximum Gasteiger partial charge on any atom is 0.411 e. The summed E-state index contributed by atoms with van der Waals surface area (Å²) in [5.41, 5.74) is 0. The predicted molar refractivity (Wildman–Crippen MR) is 59.0 cm³/mol. The molecule has 0 rings (SSSR count). The monoisotopic (exact) mass is 275 g/mol. The Kier molecular flexibility index (Phi) is 8.33. The van der Waals surface area contributed by atoms with Crippen LogP contribution in [0.15, 0.2) is 0 Å².